The van der Waals surface area contributed by atoms with Crippen LogP contribution >= 0.6 is 0 Å². The Morgan fingerprint density at radius 3 is 2.83 bits per heavy atom. The molecule has 0 fully saturated rings. The van der Waals surface area contributed by atoms with Crippen molar-refractivity contribution in [3.8, 4) is 11.8 Å². The number of pyridine rings is 1. The van der Waals surface area contributed by atoms with Crippen LogP contribution in [0.25, 0.3) is 11.0 Å². The number of fused-ring (bicyclic) bond motifs is 1. The van der Waals surface area contributed by atoms with Gasteiger partial charge in [-0.15, -0.1) is 0 Å². The standard InChI is InChI=1S/C18H18N4O/c1-4-5-6-15-9-14-7-13(10-19-18(14)20-15)8-16(23)17-11(2)12(3)21-22-17/h7,9-10H,4,8H2,1-3H3,(H,19,20)(H,21,22). The predicted molar refractivity (Wildman–Crippen MR) is 89.4 cm³/mol. The van der Waals surface area contributed by atoms with E-state index in [0.29, 0.717) is 5.69 Å². The number of ketones is 1. The zero-order valence-electron chi connectivity index (χ0n) is 13.4. The van der Waals surface area contributed by atoms with Crippen LogP contribution in [0.3, 0.4) is 0 Å². The summed E-state index contributed by atoms with van der Waals surface area (Å²) < 4.78 is 0. The lowest BCUT2D eigenvalue weighted by molar-refractivity contribution is 0.0987. The number of hydrogen-bond acceptors (Lipinski definition) is 3. The van der Waals surface area contributed by atoms with Gasteiger partial charge < -0.3 is 4.98 Å². The van der Waals surface area contributed by atoms with Gasteiger partial charge in [0.05, 0.1) is 5.69 Å². The van der Waals surface area contributed by atoms with Crippen LogP contribution in [0, 0.1) is 25.7 Å². The summed E-state index contributed by atoms with van der Waals surface area (Å²) in [4.78, 5) is 19.9. The number of aromatic amines is 2. The van der Waals surface area contributed by atoms with E-state index in [1.54, 1.807) is 6.20 Å². The normalized spacial score (nSPS) is 10.6. The number of nitrogens with one attached hydrogen (secondary N) is 2. The van der Waals surface area contributed by atoms with E-state index in [1.165, 1.54) is 0 Å². The molecule has 3 aromatic rings. The molecule has 0 spiro atoms. The minimum Gasteiger partial charge on any atom is -0.333 e. The first-order chi connectivity index (χ1) is 11.1. The smallest absolute Gasteiger partial charge is 0.187 e. The molecule has 0 aromatic carbocycles. The van der Waals surface area contributed by atoms with Crippen LogP contribution in [0.1, 0.15) is 46.3 Å². The lowest BCUT2D eigenvalue weighted by Gasteiger charge is -2.00. The van der Waals surface area contributed by atoms with Crippen LogP contribution in [0.4, 0.5) is 0 Å². The van der Waals surface area contributed by atoms with Crippen molar-refractivity contribution in [2.24, 2.45) is 0 Å². The quantitative estimate of drug-likeness (QED) is 0.577. The molecule has 2 N–H and O–H groups in total. The number of aromatic nitrogens is 4. The minimum absolute atomic E-state index is 0.00506. The molecule has 23 heavy (non-hydrogen) atoms. The molecule has 0 saturated heterocycles. The fourth-order valence-electron chi connectivity index (χ4n) is 2.43. The molecule has 5 nitrogen and oxygen atoms in total. The number of carbonyl (C=O) groups is 1. The topological polar surface area (TPSA) is 74.4 Å². The molecule has 5 heteroatoms. The first-order valence-electron chi connectivity index (χ1n) is 7.59. The molecule has 3 aromatic heterocycles. The highest BCUT2D eigenvalue weighted by Gasteiger charge is 2.15. The monoisotopic (exact) mass is 306 g/mol. The maximum absolute atomic E-state index is 12.4. The maximum Gasteiger partial charge on any atom is 0.187 e. The second kappa shape index (κ2) is 6.09. The Labute approximate surface area is 134 Å². The summed E-state index contributed by atoms with van der Waals surface area (Å²) in [6.07, 6.45) is 2.82. The molecule has 0 atom stereocenters. The Kier molecular flexibility index (Phi) is 3.98. The molecule has 0 amide bonds. The second-order valence-electron chi connectivity index (χ2n) is 5.54. The summed E-state index contributed by atoms with van der Waals surface area (Å²) in [6.45, 7) is 5.82. The van der Waals surface area contributed by atoms with E-state index in [4.69, 9.17) is 0 Å². The highest BCUT2D eigenvalue weighted by atomic mass is 16.1. The van der Waals surface area contributed by atoms with Crippen LogP contribution in [0.2, 0.25) is 0 Å². The van der Waals surface area contributed by atoms with E-state index in [2.05, 4.69) is 32.0 Å². The van der Waals surface area contributed by atoms with Gasteiger partial charge in [-0.2, -0.15) is 5.10 Å². The summed E-state index contributed by atoms with van der Waals surface area (Å²) in [6, 6.07) is 3.94. The van der Waals surface area contributed by atoms with Crippen molar-refractivity contribution in [1.29, 1.82) is 0 Å². The van der Waals surface area contributed by atoms with Crippen molar-refractivity contribution < 1.29 is 4.79 Å². The lowest BCUT2D eigenvalue weighted by Crippen LogP contribution is -2.06. The SMILES string of the molecule is CCC#Cc1cc2cc(CC(=O)c3n[nH]c(C)c3C)cnc2[nH]1. The number of Topliss-reactive ketones (excluding diaryl/α,β-unsaturated/α-hetero) is 1. The molecule has 0 aliphatic heterocycles. The Hall–Kier alpha value is -2.87. The van der Waals surface area contributed by atoms with Crippen molar-refractivity contribution in [2.75, 3.05) is 0 Å². The van der Waals surface area contributed by atoms with Crippen LogP contribution in [0.15, 0.2) is 18.3 Å². The zero-order chi connectivity index (χ0) is 16.4. The highest BCUT2D eigenvalue weighted by molar-refractivity contribution is 5.97. The fourth-order valence-corrected chi connectivity index (χ4v) is 2.43. The summed E-state index contributed by atoms with van der Waals surface area (Å²) in [7, 11) is 0. The first-order valence-corrected chi connectivity index (χ1v) is 7.59. The zero-order valence-corrected chi connectivity index (χ0v) is 13.4. The molecule has 0 bridgehead atoms. The van der Waals surface area contributed by atoms with Gasteiger partial charge in [-0.25, -0.2) is 4.98 Å². The Balaban J connectivity index is 1.85. The number of carbonyl (C=O) groups excluding carboxylic acids is 1. The maximum atomic E-state index is 12.4. The van der Waals surface area contributed by atoms with Gasteiger partial charge in [-0.1, -0.05) is 12.8 Å². The van der Waals surface area contributed by atoms with Gasteiger partial charge in [0, 0.05) is 35.7 Å². The first kappa shape index (κ1) is 15.0. The van der Waals surface area contributed by atoms with Gasteiger partial charge >= 0.3 is 0 Å². The third-order valence-electron chi connectivity index (χ3n) is 3.81. The van der Waals surface area contributed by atoms with Crippen molar-refractivity contribution in [2.45, 2.75) is 33.6 Å². The number of nitrogens with zero attached hydrogens (tertiary/aromatic N) is 2. The van der Waals surface area contributed by atoms with Gasteiger partial charge in [-0.3, -0.25) is 9.89 Å². The van der Waals surface area contributed by atoms with Gasteiger partial charge in [-0.05, 0) is 37.5 Å². The van der Waals surface area contributed by atoms with Gasteiger partial charge in [0.1, 0.15) is 11.3 Å². The molecule has 0 radical (unpaired) electrons. The van der Waals surface area contributed by atoms with E-state index in [1.807, 2.05) is 32.9 Å². The van der Waals surface area contributed by atoms with Crippen molar-refractivity contribution in [3.05, 3.63) is 46.5 Å². The van der Waals surface area contributed by atoms with Gasteiger partial charge in [0.15, 0.2) is 5.78 Å². The predicted octanol–water partition coefficient (Wildman–Crippen LogP) is 3.09. The molecule has 0 saturated carbocycles. The summed E-state index contributed by atoms with van der Waals surface area (Å²) in [5, 5.41) is 7.91. The number of rotatable bonds is 3. The molecule has 116 valence electrons. The van der Waals surface area contributed by atoms with E-state index in [-0.39, 0.29) is 12.2 Å². The van der Waals surface area contributed by atoms with Crippen LogP contribution in [-0.4, -0.2) is 25.9 Å². The number of hydrogen-bond donors (Lipinski definition) is 2. The third-order valence-corrected chi connectivity index (χ3v) is 3.81. The van der Waals surface area contributed by atoms with E-state index < -0.39 is 0 Å². The van der Waals surface area contributed by atoms with Crippen molar-refractivity contribution in [3.63, 3.8) is 0 Å². The van der Waals surface area contributed by atoms with E-state index >= 15 is 0 Å². The Morgan fingerprint density at radius 2 is 2.13 bits per heavy atom. The van der Waals surface area contributed by atoms with Crippen LogP contribution in [0.5, 0.6) is 0 Å². The molecule has 3 heterocycles. The van der Waals surface area contributed by atoms with E-state index in [9.17, 15) is 4.79 Å². The lowest BCUT2D eigenvalue weighted by atomic mass is 10.1. The average Bonchev–Trinajstić information content (AvgIpc) is 3.08. The summed E-state index contributed by atoms with van der Waals surface area (Å²) in [5.74, 6) is 6.08. The average molecular weight is 306 g/mol. The molecule has 0 unspecified atom stereocenters. The molecule has 3 rings (SSSR count). The van der Waals surface area contributed by atoms with Gasteiger partial charge in [0.25, 0.3) is 0 Å². The summed E-state index contributed by atoms with van der Waals surface area (Å²) in [5.41, 5.74) is 4.84. The number of aryl methyl sites for hydroxylation is 1. The number of H-pyrrole nitrogens is 2. The minimum atomic E-state index is -0.00506. The molecule has 0 aliphatic rings. The summed E-state index contributed by atoms with van der Waals surface area (Å²) >= 11 is 0. The Morgan fingerprint density at radius 1 is 1.30 bits per heavy atom. The third kappa shape index (κ3) is 3.02. The highest BCUT2D eigenvalue weighted by Crippen LogP contribution is 2.17. The van der Waals surface area contributed by atoms with Crippen LogP contribution < -0.4 is 0 Å². The van der Waals surface area contributed by atoms with Crippen LogP contribution in [-0.2, 0) is 6.42 Å². The van der Waals surface area contributed by atoms with Crippen molar-refractivity contribution >= 4 is 16.8 Å². The molecule has 0 aliphatic carbocycles. The Bertz CT molecular complexity index is 937. The largest absolute Gasteiger partial charge is 0.333 e. The van der Waals surface area contributed by atoms with E-state index in [0.717, 1.165) is 40.0 Å². The molecular formula is C18H18N4O. The van der Waals surface area contributed by atoms with Gasteiger partial charge in [0.2, 0.25) is 0 Å². The molecular weight excluding hydrogens is 288 g/mol. The fraction of sp³-hybridized carbons (Fsp3) is 0.278. The second-order valence-corrected chi connectivity index (χ2v) is 5.54. The van der Waals surface area contributed by atoms with Crippen molar-refractivity contribution in [1.82, 2.24) is 20.2 Å².